The van der Waals surface area contributed by atoms with Crippen molar-refractivity contribution in [1.29, 1.82) is 0 Å². The molecule has 0 saturated heterocycles. The van der Waals surface area contributed by atoms with E-state index in [-0.39, 0.29) is 24.2 Å². The van der Waals surface area contributed by atoms with Gasteiger partial charge in [0.2, 0.25) is 5.91 Å². The third-order valence-electron chi connectivity index (χ3n) is 6.70. The van der Waals surface area contributed by atoms with Crippen LogP contribution >= 0.6 is 0 Å². The SMILES string of the molecule is CCCCN1C(=O)c2ccccc2[C@@H](C(=O)NCc2ccccc2F)C12CCCC2. The van der Waals surface area contributed by atoms with Crippen molar-refractivity contribution in [2.45, 2.75) is 63.5 Å². The summed E-state index contributed by atoms with van der Waals surface area (Å²) in [6, 6.07) is 14.0. The number of carbonyl (C=O) groups is 2. The molecule has 1 aliphatic carbocycles. The molecular formula is C25H29FN2O2. The van der Waals surface area contributed by atoms with Gasteiger partial charge in [0.1, 0.15) is 5.82 Å². The molecule has 1 atom stereocenters. The van der Waals surface area contributed by atoms with Crippen LogP contribution in [0.5, 0.6) is 0 Å². The summed E-state index contributed by atoms with van der Waals surface area (Å²) >= 11 is 0. The Morgan fingerprint density at radius 2 is 1.83 bits per heavy atom. The van der Waals surface area contributed by atoms with Crippen LogP contribution in [0, 0.1) is 5.82 Å². The molecule has 1 fully saturated rings. The number of halogens is 1. The minimum atomic E-state index is -0.486. The molecule has 1 aliphatic heterocycles. The first-order valence-corrected chi connectivity index (χ1v) is 11.0. The number of benzene rings is 2. The highest BCUT2D eigenvalue weighted by Crippen LogP contribution is 2.50. The van der Waals surface area contributed by atoms with E-state index in [1.807, 2.05) is 29.2 Å². The molecule has 4 nitrogen and oxygen atoms in total. The highest BCUT2D eigenvalue weighted by atomic mass is 19.1. The summed E-state index contributed by atoms with van der Waals surface area (Å²) in [4.78, 5) is 29.0. The van der Waals surface area contributed by atoms with E-state index in [1.54, 1.807) is 18.2 Å². The minimum absolute atomic E-state index is 0.0408. The van der Waals surface area contributed by atoms with Gasteiger partial charge in [0.05, 0.1) is 11.5 Å². The lowest BCUT2D eigenvalue weighted by molar-refractivity contribution is -0.126. The highest BCUT2D eigenvalue weighted by Gasteiger charge is 2.55. The van der Waals surface area contributed by atoms with E-state index in [2.05, 4.69) is 12.2 Å². The van der Waals surface area contributed by atoms with Crippen LogP contribution in [0.15, 0.2) is 48.5 Å². The number of nitrogens with one attached hydrogen (secondary N) is 1. The summed E-state index contributed by atoms with van der Waals surface area (Å²) in [5.74, 6) is -0.838. The molecule has 2 aromatic rings. The second-order valence-corrected chi connectivity index (χ2v) is 8.45. The van der Waals surface area contributed by atoms with Gasteiger partial charge in [-0.25, -0.2) is 4.39 Å². The third-order valence-corrected chi connectivity index (χ3v) is 6.70. The predicted octanol–water partition coefficient (Wildman–Crippen LogP) is 4.79. The lowest BCUT2D eigenvalue weighted by Gasteiger charge is -2.50. The fourth-order valence-electron chi connectivity index (χ4n) is 5.23. The molecule has 0 aromatic heterocycles. The molecule has 1 spiro atoms. The molecule has 0 radical (unpaired) electrons. The summed E-state index contributed by atoms with van der Waals surface area (Å²) in [7, 11) is 0. The Hall–Kier alpha value is -2.69. The van der Waals surface area contributed by atoms with Gasteiger partial charge in [-0.15, -0.1) is 0 Å². The first-order valence-electron chi connectivity index (χ1n) is 11.0. The summed E-state index contributed by atoms with van der Waals surface area (Å²) in [5.41, 5.74) is 1.41. The van der Waals surface area contributed by atoms with Gasteiger partial charge in [-0.2, -0.15) is 0 Å². The van der Waals surface area contributed by atoms with Gasteiger partial charge in [0.15, 0.2) is 0 Å². The average molecular weight is 409 g/mol. The predicted molar refractivity (Wildman–Crippen MR) is 115 cm³/mol. The van der Waals surface area contributed by atoms with Gasteiger partial charge in [0, 0.05) is 24.2 Å². The van der Waals surface area contributed by atoms with E-state index in [4.69, 9.17) is 0 Å². The van der Waals surface area contributed by atoms with Crippen LogP contribution in [0.4, 0.5) is 4.39 Å². The molecule has 2 aromatic carbocycles. The monoisotopic (exact) mass is 408 g/mol. The van der Waals surface area contributed by atoms with Gasteiger partial charge in [0.25, 0.3) is 5.91 Å². The smallest absolute Gasteiger partial charge is 0.254 e. The summed E-state index contributed by atoms with van der Waals surface area (Å²) in [5, 5.41) is 2.98. The maximum absolute atomic E-state index is 14.1. The fraction of sp³-hybridized carbons (Fsp3) is 0.440. The maximum Gasteiger partial charge on any atom is 0.254 e. The van der Waals surface area contributed by atoms with Crippen molar-refractivity contribution in [3.8, 4) is 0 Å². The van der Waals surface area contributed by atoms with Crippen LogP contribution in [0.25, 0.3) is 0 Å². The van der Waals surface area contributed by atoms with E-state index >= 15 is 0 Å². The van der Waals surface area contributed by atoms with Crippen molar-refractivity contribution in [2.75, 3.05) is 6.54 Å². The first kappa shape index (κ1) is 20.6. The Bertz CT molecular complexity index is 936. The number of hydrogen-bond acceptors (Lipinski definition) is 2. The van der Waals surface area contributed by atoms with Crippen LogP contribution in [0.2, 0.25) is 0 Å². The lowest BCUT2D eigenvalue weighted by atomic mass is 9.71. The molecule has 4 rings (SSSR count). The molecule has 0 unspecified atom stereocenters. The molecular weight excluding hydrogens is 379 g/mol. The van der Waals surface area contributed by atoms with E-state index < -0.39 is 11.5 Å². The molecule has 1 N–H and O–H groups in total. The molecule has 1 heterocycles. The Morgan fingerprint density at radius 3 is 2.57 bits per heavy atom. The molecule has 0 bridgehead atoms. The number of unbranched alkanes of at least 4 members (excludes halogenated alkanes) is 1. The maximum atomic E-state index is 14.1. The number of hydrogen-bond donors (Lipinski definition) is 1. The highest BCUT2D eigenvalue weighted by molar-refractivity contribution is 6.02. The van der Waals surface area contributed by atoms with E-state index in [0.29, 0.717) is 17.7 Å². The summed E-state index contributed by atoms with van der Waals surface area (Å²) < 4.78 is 14.1. The van der Waals surface area contributed by atoms with Crippen molar-refractivity contribution in [3.05, 3.63) is 71.0 Å². The van der Waals surface area contributed by atoms with Crippen LogP contribution in [0.3, 0.4) is 0 Å². The lowest BCUT2D eigenvalue weighted by Crippen LogP contribution is -2.60. The largest absolute Gasteiger partial charge is 0.351 e. The van der Waals surface area contributed by atoms with Gasteiger partial charge < -0.3 is 10.2 Å². The molecule has 30 heavy (non-hydrogen) atoms. The molecule has 2 amide bonds. The Kier molecular flexibility index (Phi) is 5.89. The van der Waals surface area contributed by atoms with E-state index in [1.165, 1.54) is 6.07 Å². The standard InChI is InChI=1S/C25H29FN2O2/c1-2-3-16-28-24(30)20-12-6-5-11-19(20)22(25(28)14-8-9-15-25)23(29)27-17-18-10-4-7-13-21(18)26/h4-7,10-13,22H,2-3,8-9,14-17H2,1H3,(H,27,29)/t22-/m0/s1. The van der Waals surface area contributed by atoms with E-state index in [9.17, 15) is 14.0 Å². The Morgan fingerprint density at radius 1 is 1.13 bits per heavy atom. The van der Waals surface area contributed by atoms with Gasteiger partial charge in [-0.3, -0.25) is 9.59 Å². The quantitative estimate of drug-likeness (QED) is 0.747. The van der Waals surface area contributed by atoms with Crippen molar-refractivity contribution < 1.29 is 14.0 Å². The number of nitrogens with zero attached hydrogens (tertiary/aromatic N) is 1. The second-order valence-electron chi connectivity index (χ2n) is 8.45. The first-order chi connectivity index (χ1) is 14.6. The number of carbonyl (C=O) groups excluding carboxylic acids is 2. The zero-order valence-corrected chi connectivity index (χ0v) is 17.5. The Balaban J connectivity index is 1.71. The average Bonchev–Trinajstić information content (AvgIpc) is 3.23. The van der Waals surface area contributed by atoms with Gasteiger partial charge >= 0.3 is 0 Å². The topological polar surface area (TPSA) is 49.4 Å². The van der Waals surface area contributed by atoms with Crippen LogP contribution in [0.1, 0.15) is 72.9 Å². The van der Waals surface area contributed by atoms with Gasteiger partial charge in [-0.1, -0.05) is 62.6 Å². The zero-order chi connectivity index (χ0) is 21.1. The summed E-state index contributed by atoms with van der Waals surface area (Å²) in [6.45, 7) is 2.92. The minimum Gasteiger partial charge on any atom is -0.351 e. The zero-order valence-electron chi connectivity index (χ0n) is 17.5. The van der Waals surface area contributed by atoms with Crippen molar-refractivity contribution >= 4 is 11.8 Å². The third kappa shape index (κ3) is 3.51. The van der Waals surface area contributed by atoms with E-state index in [0.717, 1.165) is 44.1 Å². The van der Waals surface area contributed by atoms with Crippen molar-refractivity contribution in [3.63, 3.8) is 0 Å². The molecule has 158 valence electrons. The number of fused-ring (bicyclic) bond motifs is 1. The molecule has 5 heteroatoms. The van der Waals surface area contributed by atoms with Crippen LogP contribution < -0.4 is 5.32 Å². The number of rotatable bonds is 6. The fourth-order valence-corrected chi connectivity index (χ4v) is 5.23. The van der Waals surface area contributed by atoms with Gasteiger partial charge in [-0.05, 0) is 37.0 Å². The van der Waals surface area contributed by atoms with Crippen LogP contribution in [-0.4, -0.2) is 28.8 Å². The second kappa shape index (κ2) is 8.58. The van der Waals surface area contributed by atoms with Crippen LogP contribution in [-0.2, 0) is 11.3 Å². The molecule has 2 aliphatic rings. The van der Waals surface area contributed by atoms with Crippen molar-refractivity contribution in [2.24, 2.45) is 0 Å². The normalized spacial score (nSPS) is 19.7. The number of amides is 2. The molecule has 1 saturated carbocycles. The Labute approximate surface area is 177 Å². The van der Waals surface area contributed by atoms with Crippen molar-refractivity contribution in [1.82, 2.24) is 10.2 Å². The summed E-state index contributed by atoms with van der Waals surface area (Å²) in [6.07, 6.45) is 5.58.